The first-order valence-electron chi connectivity index (χ1n) is 21.3. The van der Waals surface area contributed by atoms with E-state index in [1.807, 2.05) is 42.5 Å². The fourth-order valence-corrected chi connectivity index (χ4v) is 8.34. The third-order valence-corrected chi connectivity index (χ3v) is 11.7. The summed E-state index contributed by atoms with van der Waals surface area (Å²) in [5, 5.41) is 8.80. The van der Waals surface area contributed by atoms with E-state index in [1.165, 1.54) is 0 Å². The molecule has 0 bridgehead atoms. The van der Waals surface area contributed by atoms with Crippen LogP contribution in [0, 0.1) is 0 Å². The molecule has 3 aliphatic rings. The van der Waals surface area contributed by atoms with Gasteiger partial charge in [-0.15, -0.1) is 0 Å². The summed E-state index contributed by atoms with van der Waals surface area (Å²) >= 11 is 6.55. The Balaban J connectivity index is 0.714. The molecule has 3 aromatic carbocycles. The van der Waals surface area contributed by atoms with Crippen LogP contribution >= 0.6 is 11.6 Å². The number of carbonyl (C=O) groups excluding carboxylic acids is 5. The topological polar surface area (TPSA) is 179 Å². The van der Waals surface area contributed by atoms with Crippen LogP contribution in [-0.4, -0.2) is 111 Å². The molecule has 0 spiro atoms. The lowest BCUT2D eigenvalue weighted by Gasteiger charge is -2.34. The highest BCUT2D eigenvalue weighted by Crippen LogP contribution is 2.34. The number of ether oxygens (including phenoxy) is 1. The van der Waals surface area contributed by atoms with Gasteiger partial charge >= 0.3 is 0 Å². The number of nitrogens with one attached hydrogen (secondary N) is 3. The number of hydrogen-bond donors (Lipinski definition) is 3. The molecule has 3 aliphatic heterocycles. The minimum absolute atomic E-state index is 0.0656. The summed E-state index contributed by atoms with van der Waals surface area (Å²) < 4.78 is 6.01. The van der Waals surface area contributed by atoms with Crippen molar-refractivity contribution in [2.75, 3.05) is 56.5 Å². The summed E-state index contributed by atoms with van der Waals surface area (Å²) in [6, 6.07) is 23.8. The number of fused-ring (bicyclic) bond motifs is 1. The van der Waals surface area contributed by atoms with Crippen molar-refractivity contribution in [1.29, 1.82) is 0 Å². The molecule has 0 saturated carbocycles. The summed E-state index contributed by atoms with van der Waals surface area (Å²) in [4.78, 5) is 82.5. The van der Waals surface area contributed by atoms with Crippen molar-refractivity contribution >= 4 is 58.5 Å². The number of nitrogens with zero attached hydrogens (tertiary/aromatic N) is 6. The van der Waals surface area contributed by atoms with Crippen molar-refractivity contribution in [2.24, 2.45) is 0 Å². The normalized spacial score (nSPS) is 16.8. The molecular formula is C47H48ClN9O6. The molecular weight excluding hydrogens is 822 g/mol. The van der Waals surface area contributed by atoms with E-state index >= 15 is 0 Å². The van der Waals surface area contributed by atoms with E-state index < -0.39 is 29.7 Å². The number of rotatable bonds is 17. The Labute approximate surface area is 370 Å². The molecule has 8 rings (SSSR count). The van der Waals surface area contributed by atoms with Gasteiger partial charge in [-0.1, -0.05) is 72.6 Å². The van der Waals surface area contributed by atoms with E-state index in [-0.39, 0.29) is 29.9 Å². The van der Waals surface area contributed by atoms with Gasteiger partial charge in [0, 0.05) is 51.1 Å². The van der Waals surface area contributed by atoms with Crippen molar-refractivity contribution in [3.8, 4) is 28.1 Å². The summed E-state index contributed by atoms with van der Waals surface area (Å²) in [5.74, 6) is -1.57. The third-order valence-electron chi connectivity index (χ3n) is 11.4. The van der Waals surface area contributed by atoms with Crippen molar-refractivity contribution in [3.05, 3.63) is 114 Å². The van der Waals surface area contributed by atoms with E-state index in [0.29, 0.717) is 46.8 Å². The monoisotopic (exact) mass is 869 g/mol. The fourth-order valence-electron chi connectivity index (χ4n) is 8.14. The summed E-state index contributed by atoms with van der Waals surface area (Å²) in [6.07, 6.45) is 8.87. The molecule has 0 aliphatic carbocycles. The van der Waals surface area contributed by atoms with Gasteiger partial charge in [-0.2, -0.15) is 0 Å². The molecule has 63 heavy (non-hydrogen) atoms. The first-order valence-corrected chi connectivity index (χ1v) is 21.7. The molecule has 0 radical (unpaired) electrons. The van der Waals surface area contributed by atoms with Gasteiger partial charge < -0.3 is 25.2 Å². The number of piperazine rings is 1. The SMILES string of the molecule is O=C1CCC(N2C(=O)c3cccc(OCCCN4CCN(CCCCCC(=O)Nc5cncc(Nc6ncc(Cl)c(-c7cccc(-c8ccccc8)c7)n6)c5)CC4)c3C2=O)C(=O)N1. The predicted molar refractivity (Wildman–Crippen MR) is 239 cm³/mol. The zero-order valence-corrected chi connectivity index (χ0v) is 35.5. The zero-order chi connectivity index (χ0) is 43.7. The van der Waals surface area contributed by atoms with Crippen LogP contribution in [0.2, 0.25) is 5.02 Å². The number of hydrogen-bond acceptors (Lipinski definition) is 12. The quantitative estimate of drug-likeness (QED) is 0.0676. The second kappa shape index (κ2) is 20.1. The van der Waals surface area contributed by atoms with Crippen molar-refractivity contribution in [3.63, 3.8) is 0 Å². The maximum absolute atomic E-state index is 13.3. The van der Waals surface area contributed by atoms with E-state index in [4.69, 9.17) is 21.3 Å². The van der Waals surface area contributed by atoms with Crippen molar-refractivity contribution in [1.82, 2.24) is 35.0 Å². The lowest BCUT2D eigenvalue weighted by atomic mass is 10.0. The Bertz CT molecular complexity index is 2500. The number of piperidine rings is 1. The van der Waals surface area contributed by atoms with Crippen molar-refractivity contribution < 1.29 is 28.7 Å². The standard InChI is InChI=1S/C47H48ClN9O6/c48-37-30-50-47(54-43(37)33-13-7-12-32(26-33)31-10-3-1-4-11-31)52-35-27-34(28-49-29-35)51-40(58)16-5-2-6-19-55-21-23-56(24-22-55)20-9-25-63-39-15-8-14-36-42(39)46(62)57(45(36)61)38-17-18-41(59)53-44(38)60/h1,3-4,7-8,10-15,26-30,38H,2,5-6,9,16-25H2,(H,51,58)(H,50,52,54)(H,53,59,60). The smallest absolute Gasteiger partial charge is 0.266 e. The number of carbonyl (C=O) groups is 5. The molecule has 1 unspecified atom stereocenters. The highest BCUT2D eigenvalue weighted by Gasteiger charge is 2.46. The largest absolute Gasteiger partial charge is 0.493 e. The number of amides is 5. The Morgan fingerprint density at radius 3 is 2.30 bits per heavy atom. The molecule has 3 N–H and O–H groups in total. The maximum atomic E-state index is 13.3. The van der Waals surface area contributed by atoms with Crippen LogP contribution in [0.4, 0.5) is 17.3 Å². The Kier molecular flexibility index (Phi) is 13.8. The number of anilines is 3. The van der Waals surface area contributed by atoms with Gasteiger partial charge in [-0.05, 0) is 67.6 Å². The number of unbranched alkanes of at least 4 members (excludes halogenated alkanes) is 2. The van der Waals surface area contributed by atoms with E-state index in [0.717, 1.165) is 86.5 Å². The highest BCUT2D eigenvalue weighted by atomic mass is 35.5. The number of imide groups is 2. The highest BCUT2D eigenvalue weighted by molar-refractivity contribution is 6.33. The van der Waals surface area contributed by atoms with Gasteiger partial charge in [0.25, 0.3) is 11.8 Å². The Hall–Kier alpha value is -6.55. The number of halogens is 1. The van der Waals surface area contributed by atoms with E-state index in [9.17, 15) is 24.0 Å². The van der Waals surface area contributed by atoms with Gasteiger partial charge in [0.1, 0.15) is 11.8 Å². The molecule has 324 valence electrons. The number of pyridine rings is 1. The zero-order valence-electron chi connectivity index (χ0n) is 34.7. The minimum atomic E-state index is -1.02. The Morgan fingerprint density at radius 1 is 0.778 bits per heavy atom. The molecule has 2 aromatic heterocycles. The van der Waals surface area contributed by atoms with Crippen LogP contribution in [0.5, 0.6) is 5.75 Å². The van der Waals surface area contributed by atoms with Crippen LogP contribution in [0.15, 0.2) is 97.5 Å². The van der Waals surface area contributed by atoms with Gasteiger partial charge in [-0.3, -0.25) is 39.2 Å². The second-order valence-corrected chi connectivity index (χ2v) is 16.2. The predicted octanol–water partition coefficient (Wildman–Crippen LogP) is 6.59. The molecule has 2 fully saturated rings. The van der Waals surface area contributed by atoms with Crippen molar-refractivity contribution in [2.45, 2.75) is 51.0 Å². The van der Waals surface area contributed by atoms with Crippen LogP contribution in [0.25, 0.3) is 22.4 Å². The number of benzene rings is 3. The summed E-state index contributed by atoms with van der Waals surface area (Å²) in [5.41, 5.74) is 5.19. The molecule has 2 saturated heterocycles. The molecule has 15 nitrogen and oxygen atoms in total. The fraction of sp³-hybridized carbons (Fsp3) is 0.319. The van der Waals surface area contributed by atoms with Gasteiger partial charge in [0.15, 0.2) is 0 Å². The summed E-state index contributed by atoms with van der Waals surface area (Å²) in [7, 11) is 0. The van der Waals surface area contributed by atoms with Crippen LogP contribution in [0.1, 0.15) is 65.7 Å². The second-order valence-electron chi connectivity index (χ2n) is 15.8. The van der Waals surface area contributed by atoms with Gasteiger partial charge in [-0.25, -0.2) is 9.97 Å². The lowest BCUT2D eigenvalue weighted by molar-refractivity contribution is -0.136. The van der Waals surface area contributed by atoms with Crippen LogP contribution in [0.3, 0.4) is 0 Å². The average Bonchev–Trinajstić information content (AvgIpc) is 3.55. The number of aromatic nitrogens is 3. The lowest BCUT2D eigenvalue weighted by Crippen LogP contribution is -2.54. The van der Waals surface area contributed by atoms with Gasteiger partial charge in [0.05, 0.1) is 58.4 Å². The van der Waals surface area contributed by atoms with E-state index in [2.05, 4.69) is 47.9 Å². The minimum Gasteiger partial charge on any atom is -0.493 e. The molecule has 5 amide bonds. The molecule has 1 atom stereocenters. The first kappa shape index (κ1) is 43.1. The first-order chi connectivity index (χ1) is 30.7. The third kappa shape index (κ3) is 10.6. The molecule has 5 heterocycles. The Morgan fingerprint density at radius 2 is 1.51 bits per heavy atom. The van der Waals surface area contributed by atoms with Crippen LogP contribution < -0.4 is 20.7 Å². The maximum Gasteiger partial charge on any atom is 0.266 e. The molecule has 5 aromatic rings. The van der Waals surface area contributed by atoms with Gasteiger partial charge in [0.2, 0.25) is 23.7 Å². The molecule has 16 heteroatoms. The summed E-state index contributed by atoms with van der Waals surface area (Å²) in [6.45, 7) is 5.98. The van der Waals surface area contributed by atoms with E-state index in [1.54, 1.807) is 42.9 Å². The van der Waals surface area contributed by atoms with Crippen LogP contribution in [-0.2, 0) is 14.4 Å². The average molecular weight is 870 g/mol.